The standard InChI is InChI=1S/C16H15NO5S/c1-9-4-5-10(2)12(8-9)15(18)11(3)22-16(19)13-6-7-14(23-13)17(20)21/h4-8,11H,1-3H3/t11-/m1/s1. The van der Waals surface area contributed by atoms with E-state index in [1.807, 2.05) is 26.0 Å². The van der Waals surface area contributed by atoms with Crippen LogP contribution in [0.2, 0.25) is 0 Å². The van der Waals surface area contributed by atoms with E-state index in [-0.39, 0.29) is 15.7 Å². The van der Waals surface area contributed by atoms with Gasteiger partial charge in [-0.25, -0.2) is 4.79 Å². The molecule has 1 heterocycles. The fraction of sp³-hybridized carbons (Fsp3) is 0.250. The highest BCUT2D eigenvalue weighted by Gasteiger charge is 2.24. The molecule has 6 nitrogen and oxygen atoms in total. The number of thiophene rings is 1. The summed E-state index contributed by atoms with van der Waals surface area (Å²) >= 11 is 0.719. The maximum Gasteiger partial charge on any atom is 0.349 e. The summed E-state index contributed by atoms with van der Waals surface area (Å²) in [5.74, 6) is -1.04. The number of nitro groups is 1. The minimum absolute atomic E-state index is 0.0947. The SMILES string of the molecule is Cc1ccc(C)c(C(=O)[C@@H](C)OC(=O)c2ccc([N+](=O)[O-])s2)c1. The van der Waals surface area contributed by atoms with E-state index in [1.165, 1.54) is 19.1 Å². The van der Waals surface area contributed by atoms with Gasteiger partial charge in [-0.3, -0.25) is 14.9 Å². The lowest BCUT2D eigenvalue weighted by Gasteiger charge is -2.13. The summed E-state index contributed by atoms with van der Waals surface area (Å²) in [4.78, 5) is 34.6. The monoisotopic (exact) mass is 333 g/mol. The maximum absolute atomic E-state index is 12.4. The normalized spacial score (nSPS) is 11.8. The Bertz CT molecular complexity index is 781. The molecule has 0 radical (unpaired) electrons. The van der Waals surface area contributed by atoms with Crippen LogP contribution in [0.25, 0.3) is 0 Å². The van der Waals surface area contributed by atoms with E-state index in [4.69, 9.17) is 4.74 Å². The van der Waals surface area contributed by atoms with Crippen LogP contribution in [0, 0.1) is 24.0 Å². The van der Waals surface area contributed by atoms with Gasteiger partial charge in [0.25, 0.3) is 0 Å². The molecule has 0 spiro atoms. The molecule has 0 unspecified atom stereocenters. The molecule has 0 saturated heterocycles. The molecule has 0 saturated carbocycles. The van der Waals surface area contributed by atoms with E-state index in [1.54, 1.807) is 6.07 Å². The van der Waals surface area contributed by atoms with Gasteiger partial charge in [-0.2, -0.15) is 0 Å². The molecule has 23 heavy (non-hydrogen) atoms. The molecule has 0 fully saturated rings. The first kappa shape index (κ1) is 16.8. The molecule has 0 N–H and O–H groups in total. The van der Waals surface area contributed by atoms with Crippen LogP contribution >= 0.6 is 11.3 Å². The van der Waals surface area contributed by atoms with E-state index in [0.29, 0.717) is 5.56 Å². The number of benzene rings is 1. The van der Waals surface area contributed by atoms with Crippen LogP contribution in [0.3, 0.4) is 0 Å². The lowest BCUT2D eigenvalue weighted by Crippen LogP contribution is -2.24. The molecule has 0 aliphatic rings. The number of carbonyl (C=O) groups is 2. The lowest BCUT2D eigenvalue weighted by atomic mass is 9.99. The summed E-state index contributed by atoms with van der Waals surface area (Å²) in [6.07, 6.45) is -0.968. The van der Waals surface area contributed by atoms with Crippen molar-refractivity contribution in [2.45, 2.75) is 26.9 Å². The van der Waals surface area contributed by atoms with Gasteiger partial charge in [0.15, 0.2) is 6.10 Å². The Balaban J connectivity index is 2.12. The maximum atomic E-state index is 12.4. The Kier molecular flexibility index (Phi) is 4.90. The number of esters is 1. The molecule has 2 aromatic rings. The lowest BCUT2D eigenvalue weighted by molar-refractivity contribution is -0.380. The molecule has 0 aliphatic heterocycles. The van der Waals surface area contributed by atoms with Crippen LogP contribution in [-0.2, 0) is 4.74 Å². The Morgan fingerprint density at radius 3 is 2.52 bits per heavy atom. The molecule has 7 heteroatoms. The second-order valence-electron chi connectivity index (χ2n) is 5.13. The summed E-state index contributed by atoms with van der Waals surface area (Å²) in [6, 6.07) is 8.03. The topological polar surface area (TPSA) is 86.5 Å². The number of ketones is 1. The van der Waals surface area contributed by atoms with Crippen molar-refractivity contribution >= 4 is 28.1 Å². The van der Waals surface area contributed by atoms with Crippen LogP contribution in [0.4, 0.5) is 5.00 Å². The highest BCUT2D eigenvalue weighted by atomic mass is 32.1. The quantitative estimate of drug-likeness (QED) is 0.360. The smallest absolute Gasteiger partial charge is 0.349 e. The minimum atomic E-state index is -0.968. The first-order chi connectivity index (χ1) is 10.8. The van der Waals surface area contributed by atoms with Gasteiger partial charge in [0.05, 0.1) is 4.92 Å². The molecule has 1 aromatic heterocycles. The molecule has 0 amide bonds. The zero-order chi connectivity index (χ0) is 17.1. The highest BCUT2D eigenvalue weighted by molar-refractivity contribution is 7.17. The van der Waals surface area contributed by atoms with Gasteiger partial charge in [0.1, 0.15) is 4.88 Å². The van der Waals surface area contributed by atoms with Gasteiger partial charge in [0.2, 0.25) is 5.78 Å². The van der Waals surface area contributed by atoms with Crippen molar-refractivity contribution in [1.82, 2.24) is 0 Å². The number of hydrogen-bond donors (Lipinski definition) is 0. The fourth-order valence-electron chi connectivity index (χ4n) is 2.03. The summed E-state index contributed by atoms with van der Waals surface area (Å²) in [6.45, 7) is 5.17. The van der Waals surface area contributed by atoms with Crippen molar-refractivity contribution in [1.29, 1.82) is 0 Å². The molecule has 0 bridgehead atoms. The van der Waals surface area contributed by atoms with Gasteiger partial charge in [0, 0.05) is 11.6 Å². The molecule has 0 aliphatic carbocycles. The number of rotatable bonds is 5. The van der Waals surface area contributed by atoms with Crippen molar-refractivity contribution in [3.8, 4) is 0 Å². The second-order valence-corrected chi connectivity index (χ2v) is 6.19. The summed E-state index contributed by atoms with van der Waals surface area (Å²) in [5.41, 5.74) is 2.24. The number of Topliss-reactive ketones (excluding diaryl/α,β-unsaturated/α-hetero) is 1. The van der Waals surface area contributed by atoms with E-state index in [2.05, 4.69) is 0 Å². The van der Waals surface area contributed by atoms with Crippen molar-refractivity contribution in [3.05, 3.63) is 62.0 Å². The second kappa shape index (κ2) is 6.70. The fourth-order valence-corrected chi connectivity index (χ4v) is 2.73. The van der Waals surface area contributed by atoms with Crippen molar-refractivity contribution in [2.24, 2.45) is 0 Å². The molecular weight excluding hydrogens is 318 g/mol. The molecule has 1 atom stereocenters. The largest absolute Gasteiger partial charge is 0.450 e. The zero-order valence-electron chi connectivity index (χ0n) is 12.9. The molecular formula is C16H15NO5S. The first-order valence-electron chi connectivity index (χ1n) is 6.86. The van der Waals surface area contributed by atoms with Gasteiger partial charge >= 0.3 is 11.0 Å². The summed E-state index contributed by atoms with van der Waals surface area (Å²) in [5, 5.41) is 10.5. The zero-order valence-corrected chi connectivity index (χ0v) is 13.7. The van der Waals surface area contributed by atoms with Crippen molar-refractivity contribution < 1.29 is 19.2 Å². The minimum Gasteiger partial charge on any atom is -0.450 e. The van der Waals surface area contributed by atoms with Crippen LogP contribution < -0.4 is 0 Å². The van der Waals surface area contributed by atoms with Crippen LogP contribution in [0.15, 0.2) is 30.3 Å². The predicted octanol–water partition coefficient (Wildman–Crippen LogP) is 3.70. The number of carbonyl (C=O) groups excluding carboxylic acids is 2. The number of nitrogens with zero attached hydrogens (tertiary/aromatic N) is 1. The third-order valence-corrected chi connectivity index (χ3v) is 4.30. The Labute approximate surface area is 136 Å². The summed E-state index contributed by atoms with van der Waals surface area (Å²) in [7, 11) is 0. The Morgan fingerprint density at radius 1 is 1.22 bits per heavy atom. The Morgan fingerprint density at radius 2 is 1.91 bits per heavy atom. The highest BCUT2D eigenvalue weighted by Crippen LogP contribution is 2.25. The predicted molar refractivity (Wildman–Crippen MR) is 86.1 cm³/mol. The van der Waals surface area contributed by atoms with E-state index >= 15 is 0 Å². The van der Waals surface area contributed by atoms with Crippen molar-refractivity contribution in [2.75, 3.05) is 0 Å². The van der Waals surface area contributed by atoms with Crippen LogP contribution in [0.5, 0.6) is 0 Å². The van der Waals surface area contributed by atoms with E-state index < -0.39 is 17.0 Å². The average molecular weight is 333 g/mol. The van der Waals surface area contributed by atoms with Gasteiger partial charge in [-0.15, -0.1) is 0 Å². The van der Waals surface area contributed by atoms with Crippen LogP contribution in [0.1, 0.15) is 38.1 Å². The summed E-state index contributed by atoms with van der Waals surface area (Å²) < 4.78 is 5.14. The van der Waals surface area contributed by atoms with Gasteiger partial charge < -0.3 is 4.74 Å². The number of hydrogen-bond acceptors (Lipinski definition) is 6. The average Bonchev–Trinajstić information content (AvgIpc) is 2.99. The van der Waals surface area contributed by atoms with Gasteiger partial charge in [-0.05, 0) is 38.5 Å². The number of ether oxygens (including phenoxy) is 1. The van der Waals surface area contributed by atoms with Crippen LogP contribution in [-0.4, -0.2) is 22.8 Å². The third-order valence-electron chi connectivity index (χ3n) is 3.28. The van der Waals surface area contributed by atoms with E-state index in [9.17, 15) is 19.7 Å². The molecule has 2 rings (SSSR count). The Hall–Kier alpha value is -2.54. The van der Waals surface area contributed by atoms with Crippen molar-refractivity contribution in [3.63, 3.8) is 0 Å². The first-order valence-corrected chi connectivity index (χ1v) is 7.68. The number of aryl methyl sites for hydroxylation is 2. The molecule has 120 valence electrons. The van der Waals surface area contributed by atoms with E-state index in [0.717, 1.165) is 22.5 Å². The third kappa shape index (κ3) is 3.81. The molecule has 1 aromatic carbocycles. The van der Waals surface area contributed by atoms with Gasteiger partial charge in [-0.1, -0.05) is 29.0 Å².